The lowest BCUT2D eigenvalue weighted by Gasteiger charge is -2.17. The minimum absolute atomic E-state index is 0.0584. The molecule has 27 heavy (non-hydrogen) atoms. The van der Waals surface area contributed by atoms with Crippen molar-refractivity contribution in [2.24, 2.45) is 0 Å². The molecule has 2 aromatic rings. The van der Waals surface area contributed by atoms with Crippen molar-refractivity contribution in [3.8, 4) is 0 Å². The number of nitrogens with zero attached hydrogens (tertiary/aromatic N) is 2. The Bertz CT molecular complexity index is 944. The molecule has 1 N–H and O–H groups in total. The number of pyridine rings is 1. The summed E-state index contributed by atoms with van der Waals surface area (Å²) in [6.45, 7) is 0.428. The summed E-state index contributed by atoms with van der Waals surface area (Å²) >= 11 is 0. The molecule has 8 heteroatoms. The quantitative estimate of drug-likeness (QED) is 0.833. The van der Waals surface area contributed by atoms with Gasteiger partial charge in [-0.1, -0.05) is 36.4 Å². The van der Waals surface area contributed by atoms with Gasteiger partial charge in [0.25, 0.3) is 11.8 Å². The minimum Gasteiger partial charge on any atom is -0.347 e. The molecule has 1 unspecified atom stereocenters. The molecular formula is C19H21N3O4S. The summed E-state index contributed by atoms with van der Waals surface area (Å²) in [5.41, 5.74) is 1.25. The number of sulfone groups is 1. The molecule has 142 valence electrons. The van der Waals surface area contributed by atoms with E-state index < -0.39 is 21.8 Å². The molecule has 1 aromatic carbocycles. The molecule has 3 rings (SSSR count). The summed E-state index contributed by atoms with van der Waals surface area (Å²) in [5.74, 6) is -0.750. The zero-order valence-corrected chi connectivity index (χ0v) is 15.8. The van der Waals surface area contributed by atoms with E-state index >= 15 is 0 Å². The van der Waals surface area contributed by atoms with E-state index in [1.165, 1.54) is 11.0 Å². The second kappa shape index (κ2) is 7.87. The average Bonchev–Trinajstić information content (AvgIpc) is 3.00. The number of aromatic nitrogens is 1. The summed E-state index contributed by atoms with van der Waals surface area (Å²) in [7, 11) is -1.41. The fourth-order valence-electron chi connectivity index (χ4n) is 2.97. The van der Waals surface area contributed by atoms with Crippen LogP contribution < -0.4 is 5.32 Å². The van der Waals surface area contributed by atoms with Gasteiger partial charge in [0.1, 0.15) is 11.4 Å². The lowest BCUT2D eigenvalue weighted by molar-refractivity contribution is 0.0779. The van der Waals surface area contributed by atoms with E-state index in [0.29, 0.717) is 13.0 Å². The van der Waals surface area contributed by atoms with Gasteiger partial charge in [-0.15, -0.1) is 0 Å². The van der Waals surface area contributed by atoms with Crippen molar-refractivity contribution in [3.05, 3.63) is 65.5 Å². The normalized spacial score (nSPS) is 18.0. The summed E-state index contributed by atoms with van der Waals surface area (Å²) in [4.78, 5) is 30.7. The Morgan fingerprint density at radius 1 is 1.11 bits per heavy atom. The minimum atomic E-state index is -3.08. The van der Waals surface area contributed by atoms with E-state index in [9.17, 15) is 18.0 Å². The van der Waals surface area contributed by atoms with Gasteiger partial charge in [-0.2, -0.15) is 0 Å². The first kappa shape index (κ1) is 19.0. The number of nitrogens with one attached hydrogen (secondary N) is 1. The van der Waals surface area contributed by atoms with Crippen molar-refractivity contribution < 1.29 is 18.0 Å². The summed E-state index contributed by atoms with van der Waals surface area (Å²) in [6, 6.07) is 13.8. The fourth-order valence-corrected chi connectivity index (χ4v) is 4.65. The number of amides is 2. The smallest absolute Gasteiger partial charge is 0.272 e. The number of rotatable bonds is 5. The van der Waals surface area contributed by atoms with Crippen LogP contribution in [0, 0.1) is 0 Å². The lowest BCUT2D eigenvalue weighted by atomic mass is 10.2. The number of hydrogen-bond acceptors (Lipinski definition) is 5. The van der Waals surface area contributed by atoms with Crippen LogP contribution in [0.1, 0.15) is 33.0 Å². The Morgan fingerprint density at radius 3 is 2.48 bits per heavy atom. The third-order valence-electron chi connectivity index (χ3n) is 4.38. The molecule has 0 saturated carbocycles. The van der Waals surface area contributed by atoms with Crippen molar-refractivity contribution in [2.45, 2.75) is 19.0 Å². The molecular weight excluding hydrogens is 366 g/mol. The van der Waals surface area contributed by atoms with Crippen LogP contribution in [-0.4, -0.2) is 54.7 Å². The van der Waals surface area contributed by atoms with Crippen LogP contribution in [0.4, 0.5) is 0 Å². The maximum atomic E-state index is 12.6. The number of hydrogen-bond donors (Lipinski definition) is 1. The van der Waals surface area contributed by atoms with Gasteiger partial charge in [-0.25, -0.2) is 13.4 Å². The molecule has 0 bridgehead atoms. The van der Waals surface area contributed by atoms with Crippen LogP contribution in [0.15, 0.2) is 48.5 Å². The average molecular weight is 387 g/mol. The van der Waals surface area contributed by atoms with Crippen LogP contribution in [0.3, 0.4) is 0 Å². The number of benzene rings is 1. The first-order valence-corrected chi connectivity index (χ1v) is 10.4. The predicted octanol–water partition coefficient (Wildman–Crippen LogP) is 1.27. The molecule has 0 spiro atoms. The third-order valence-corrected chi connectivity index (χ3v) is 6.15. The van der Waals surface area contributed by atoms with Gasteiger partial charge in [0.05, 0.1) is 11.5 Å². The van der Waals surface area contributed by atoms with Crippen molar-refractivity contribution in [1.29, 1.82) is 0 Å². The molecule has 1 aromatic heterocycles. The molecule has 1 fully saturated rings. The highest BCUT2D eigenvalue weighted by Crippen LogP contribution is 2.12. The monoisotopic (exact) mass is 387 g/mol. The molecule has 1 aliphatic heterocycles. The van der Waals surface area contributed by atoms with Gasteiger partial charge in [0.15, 0.2) is 9.84 Å². The van der Waals surface area contributed by atoms with E-state index in [2.05, 4.69) is 10.3 Å². The van der Waals surface area contributed by atoms with Crippen LogP contribution in [-0.2, 0) is 16.4 Å². The zero-order chi connectivity index (χ0) is 19.4. The van der Waals surface area contributed by atoms with Crippen molar-refractivity contribution in [3.63, 3.8) is 0 Å². The Hall–Kier alpha value is -2.74. The summed E-state index contributed by atoms with van der Waals surface area (Å²) in [6.07, 6.45) is 0.395. The highest BCUT2D eigenvalue weighted by Gasteiger charge is 2.29. The summed E-state index contributed by atoms with van der Waals surface area (Å²) in [5, 5.41) is 2.68. The second-order valence-electron chi connectivity index (χ2n) is 6.63. The Labute approximate surface area is 158 Å². The second-order valence-corrected chi connectivity index (χ2v) is 8.86. The van der Waals surface area contributed by atoms with E-state index in [0.717, 1.165) is 5.56 Å². The Kier molecular flexibility index (Phi) is 5.55. The maximum Gasteiger partial charge on any atom is 0.272 e. The van der Waals surface area contributed by atoms with E-state index in [4.69, 9.17) is 0 Å². The Balaban J connectivity index is 1.67. The molecule has 0 radical (unpaired) electrons. The standard InChI is InChI=1S/C19H21N3O4S/c1-22(12-14-6-3-2-4-7-14)19(24)17-9-5-8-16(21-17)18(23)20-15-10-11-27(25,26)13-15/h2-9,15H,10-13H2,1H3,(H,20,23). The van der Waals surface area contributed by atoms with Gasteiger partial charge in [0.2, 0.25) is 0 Å². The summed E-state index contributed by atoms with van der Waals surface area (Å²) < 4.78 is 23.0. The van der Waals surface area contributed by atoms with Gasteiger partial charge < -0.3 is 10.2 Å². The van der Waals surface area contributed by atoms with E-state index in [1.807, 2.05) is 30.3 Å². The topological polar surface area (TPSA) is 96.4 Å². The molecule has 2 heterocycles. The maximum absolute atomic E-state index is 12.6. The van der Waals surface area contributed by atoms with Gasteiger partial charge in [-0.3, -0.25) is 9.59 Å². The molecule has 1 aliphatic rings. The van der Waals surface area contributed by atoms with Crippen LogP contribution in [0.2, 0.25) is 0 Å². The Morgan fingerprint density at radius 2 is 1.81 bits per heavy atom. The van der Waals surface area contributed by atoms with Crippen LogP contribution in [0.5, 0.6) is 0 Å². The van der Waals surface area contributed by atoms with Gasteiger partial charge in [-0.05, 0) is 24.1 Å². The van der Waals surface area contributed by atoms with Gasteiger partial charge in [0, 0.05) is 19.6 Å². The SMILES string of the molecule is CN(Cc1ccccc1)C(=O)c1cccc(C(=O)NC2CCS(=O)(=O)C2)n1. The highest BCUT2D eigenvalue weighted by molar-refractivity contribution is 7.91. The molecule has 1 saturated heterocycles. The lowest BCUT2D eigenvalue weighted by Crippen LogP contribution is -2.36. The first-order chi connectivity index (χ1) is 12.8. The number of carbonyl (C=O) groups is 2. The predicted molar refractivity (Wildman–Crippen MR) is 101 cm³/mol. The van der Waals surface area contributed by atoms with Crippen molar-refractivity contribution in [2.75, 3.05) is 18.6 Å². The van der Waals surface area contributed by atoms with Crippen LogP contribution in [0.25, 0.3) is 0 Å². The third kappa shape index (κ3) is 4.91. The van der Waals surface area contributed by atoms with E-state index in [-0.39, 0.29) is 28.8 Å². The molecule has 7 nitrogen and oxygen atoms in total. The van der Waals surface area contributed by atoms with Crippen LogP contribution >= 0.6 is 0 Å². The fraction of sp³-hybridized carbons (Fsp3) is 0.316. The highest BCUT2D eigenvalue weighted by atomic mass is 32.2. The van der Waals surface area contributed by atoms with Crippen molar-refractivity contribution in [1.82, 2.24) is 15.2 Å². The van der Waals surface area contributed by atoms with E-state index in [1.54, 1.807) is 19.2 Å². The molecule has 0 aliphatic carbocycles. The molecule has 2 amide bonds. The number of carbonyl (C=O) groups excluding carboxylic acids is 2. The zero-order valence-electron chi connectivity index (χ0n) is 15.0. The van der Waals surface area contributed by atoms with Gasteiger partial charge >= 0.3 is 0 Å². The first-order valence-electron chi connectivity index (χ1n) is 8.62. The van der Waals surface area contributed by atoms with Crippen molar-refractivity contribution >= 4 is 21.7 Å². The molecule has 1 atom stereocenters. The largest absolute Gasteiger partial charge is 0.347 e.